The van der Waals surface area contributed by atoms with Crippen LogP contribution in [-0.4, -0.2) is 66.3 Å². The van der Waals surface area contributed by atoms with E-state index in [1.807, 2.05) is 4.90 Å². The number of para-hydroxylation sites is 1. The zero-order valence-corrected chi connectivity index (χ0v) is 25.0. The molecule has 3 amide bonds. The van der Waals surface area contributed by atoms with E-state index in [2.05, 4.69) is 10.6 Å². The summed E-state index contributed by atoms with van der Waals surface area (Å²) in [5, 5.41) is 17.7. The third-order valence-electron chi connectivity index (χ3n) is 7.64. The zero-order valence-electron chi connectivity index (χ0n) is 23.5. The van der Waals surface area contributed by atoms with Crippen LogP contribution < -0.4 is 21.1 Å². The second-order valence-corrected chi connectivity index (χ2v) is 11.5. The van der Waals surface area contributed by atoms with E-state index >= 15 is 0 Å². The predicted octanol–water partition coefficient (Wildman–Crippen LogP) is 4.60. The normalized spacial score (nSPS) is 16.5. The Bertz CT molecular complexity index is 1260. The Kier molecular flexibility index (Phi) is 11.7. The summed E-state index contributed by atoms with van der Waals surface area (Å²) in [6.45, 7) is 1.11. The molecule has 0 saturated heterocycles. The molecule has 2 atom stereocenters. The highest BCUT2D eigenvalue weighted by atomic mass is 35.5. The highest BCUT2D eigenvalue weighted by Gasteiger charge is 2.27. The number of aliphatic hydroxyl groups excluding tert-OH is 1. The fraction of sp³-hybridized carbons (Fsp3) is 0.500. The van der Waals surface area contributed by atoms with Gasteiger partial charge in [-0.15, -0.1) is 0 Å². The SMILES string of the molecule is NC(=O)OC(CCC(=O)N(CCNCC(O)c1cccc2c1OCC(=O)N2)C1CCCCC1)Cc1ccc(Cl)c(Cl)c1. The quantitative estimate of drug-likeness (QED) is 0.240. The van der Waals surface area contributed by atoms with Crippen LogP contribution in [-0.2, 0) is 20.7 Å². The molecule has 1 heterocycles. The van der Waals surface area contributed by atoms with Crippen molar-refractivity contribution in [2.75, 3.05) is 31.6 Å². The summed E-state index contributed by atoms with van der Waals surface area (Å²) in [5.41, 5.74) is 7.26. The van der Waals surface area contributed by atoms with Gasteiger partial charge in [-0.1, -0.05) is 60.7 Å². The number of ether oxygens (including phenoxy) is 2. The third kappa shape index (κ3) is 8.97. The number of carbonyl (C=O) groups is 3. The molecule has 1 saturated carbocycles. The fourth-order valence-electron chi connectivity index (χ4n) is 5.58. The van der Waals surface area contributed by atoms with Gasteiger partial charge in [0.1, 0.15) is 11.9 Å². The van der Waals surface area contributed by atoms with Gasteiger partial charge in [-0.05, 0) is 43.0 Å². The second kappa shape index (κ2) is 15.4. The molecule has 42 heavy (non-hydrogen) atoms. The molecular weight excluding hydrogens is 583 g/mol. The number of hydrogen-bond donors (Lipinski definition) is 4. The number of nitrogens with two attached hydrogens (primary N) is 1. The van der Waals surface area contributed by atoms with Gasteiger partial charge in [-0.2, -0.15) is 0 Å². The second-order valence-electron chi connectivity index (χ2n) is 10.7. The van der Waals surface area contributed by atoms with E-state index in [1.165, 1.54) is 0 Å². The van der Waals surface area contributed by atoms with Crippen molar-refractivity contribution in [1.82, 2.24) is 10.2 Å². The van der Waals surface area contributed by atoms with E-state index in [4.69, 9.17) is 38.4 Å². The highest BCUT2D eigenvalue weighted by molar-refractivity contribution is 6.42. The summed E-state index contributed by atoms with van der Waals surface area (Å²) in [5.74, 6) is 0.221. The van der Waals surface area contributed by atoms with Crippen LogP contribution in [0.4, 0.5) is 10.5 Å². The molecule has 1 fully saturated rings. The molecule has 4 rings (SSSR count). The Hall–Kier alpha value is -3.05. The van der Waals surface area contributed by atoms with Crippen LogP contribution in [0.5, 0.6) is 5.75 Å². The largest absolute Gasteiger partial charge is 0.481 e. The average molecular weight is 622 g/mol. The molecule has 0 radical (unpaired) electrons. The van der Waals surface area contributed by atoms with E-state index in [0.29, 0.717) is 53.0 Å². The Balaban J connectivity index is 1.33. The van der Waals surface area contributed by atoms with Crippen molar-refractivity contribution in [2.24, 2.45) is 5.73 Å². The molecule has 1 aliphatic carbocycles. The minimum atomic E-state index is -0.896. The minimum absolute atomic E-state index is 0.0160. The number of benzene rings is 2. The van der Waals surface area contributed by atoms with Gasteiger partial charge < -0.3 is 35.8 Å². The van der Waals surface area contributed by atoms with Crippen LogP contribution >= 0.6 is 23.2 Å². The third-order valence-corrected chi connectivity index (χ3v) is 8.38. The zero-order chi connectivity index (χ0) is 30.1. The van der Waals surface area contributed by atoms with Crippen LogP contribution in [0.3, 0.4) is 0 Å². The maximum Gasteiger partial charge on any atom is 0.404 e. The molecule has 2 aromatic carbocycles. The number of hydrogen-bond acceptors (Lipinski definition) is 7. The van der Waals surface area contributed by atoms with E-state index in [0.717, 1.165) is 37.7 Å². The lowest BCUT2D eigenvalue weighted by molar-refractivity contribution is -0.134. The van der Waals surface area contributed by atoms with Crippen molar-refractivity contribution in [3.8, 4) is 5.75 Å². The standard InChI is InChI=1S/C30H38Cl2N4O6/c31-23-11-9-19(16-24(23)32)15-21(42-30(33)40)10-12-28(39)36(20-5-2-1-3-6-20)14-13-34-17-26(37)22-7-4-8-25-29(22)41-18-27(38)35-25/h4,7-9,11,16,20-21,26,34,37H,1-3,5-6,10,12-15,17-18H2,(H2,33,40)(H,35,38). The van der Waals surface area contributed by atoms with E-state index in [1.54, 1.807) is 36.4 Å². The van der Waals surface area contributed by atoms with Crippen LogP contribution in [0, 0.1) is 0 Å². The van der Waals surface area contributed by atoms with Gasteiger partial charge >= 0.3 is 6.09 Å². The molecular formula is C30H38Cl2N4O6. The molecule has 2 unspecified atom stereocenters. The van der Waals surface area contributed by atoms with E-state index < -0.39 is 18.3 Å². The van der Waals surface area contributed by atoms with Crippen LogP contribution in [0.1, 0.15) is 62.2 Å². The Morgan fingerprint density at radius 3 is 2.69 bits per heavy atom. The summed E-state index contributed by atoms with van der Waals surface area (Å²) < 4.78 is 10.9. The van der Waals surface area contributed by atoms with Crippen molar-refractivity contribution >= 4 is 46.8 Å². The summed E-state index contributed by atoms with van der Waals surface area (Å²) in [6, 6.07) is 10.6. The summed E-state index contributed by atoms with van der Waals surface area (Å²) in [6.07, 6.45) is 3.70. The molecule has 1 aliphatic heterocycles. The molecule has 0 spiro atoms. The first kappa shape index (κ1) is 31.9. The first-order valence-electron chi connectivity index (χ1n) is 14.3. The fourth-order valence-corrected chi connectivity index (χ4v) is 5.90. The Labute approximate surface area is 255 Å². The molecule has 228 valence electrons. The van der Waals surface area contributed by atoms with Crippen molar-refractivity contribution in [3.63, 3.8) is 0 Å². The van der Waals surface area contributed by atoms with Crippen molar-refractivity contribution in [3.05, 3.63) is 57.6 Å². The van der Waals surface area contributed by atoms with Crippen LogP contribution in [0.25, 0.3) is 0 Å². The molecule has 2 aromatic rings. The number of primary amides is 1. The lowest BCUT2D eigenvalue weighted by Gasteiger charge is -2.35. The number of halogens is 2. The topological polar surface area (TPSA) is 143 Å². The van der Waals surface area contributed by atoms with Gasteiger partial charge in [0.25, 0.3) is 5.91 Å². The Morgan fingerprint density at radius 2 is 1.95 bits per heavy atom. The molecule has 2 aliphatic rings. The van der Waals surface area contributed by atoms with Crippen molar-refractivity contribution < 1.29 is 29.0 Å². The molecule has 10 nitrogen and oxygen atoms in total. The smallest absolute Gasteiger partial charge is 0.404 e. The van der Waals surface area contributed by atoms with Crippen molar-refractivity contribution in [2.45, 2.75) is 69.6 Å². The van der Waals surface area contributed by atoms with Gasteiger partial charge in [0.05, 0.1) is 21.8 Å². The first-order chi connectivity index (χ1) is 20.2. The van der Waals surface area contributed by atoms with Gasteiger partial charge in [0.2, 0.25) is 5.91 Å². The number of anilines is 1. The van der Waals surface area contributed by atoms with Gasteiger partial charge in [-0.3, -0.25) is 9.59 Å². The Morgan fingerprint density at radius 1 is 1.17 bits per heavy atom. The van der Waals surface area contributed by atoms with Gasteiger partial charge in [0, 0.05) is 44.1 Å². The summed E-state index contributed by atoms with van der Waals surface area (Å²) in [4.78, 5) is 38.6. The highest BCUT2D eigenvalue weighted by Crippen LogP contribution is 2.35. The van der Waals surface area contributed by atoms with Crippen LogP contribution in [0.2, 0.25) is 10.0 Å². The molecule has 5 N–H and O–H groups in total. The van der Waals surface area contributed by atoms with Gasteiger partial charge in [-0.25, -0.2) is 4.79 Å². The lowest BCUT2D eigenvalue weighted by Crippen LogP contribution is -2.45. The summed E-state index contributed by atoms with van der Waals surface area (Å²) >= 11 is 12.2. The number of nitrogens with one attached hydrogen (secondary N) is 2. The first-order valence-corrected chi connectivity index (χ1v) is 15.1. The number of aliphatic hydroxyl groups is 1. The average Bonchev–Trinajstić information content (AvgIpc) is 2.97. The lowest BCUT2D eigenvalue weighted by atomic mass is 9.93. The number of carbonyl (C=O) groups excluding carboxylic acids is 3. The minimum Gasteiger partial charge on any atom is -0.481 e. The monoisotopic (exact) mass is 620 g/mol. The molecule has 0 aromatic heterocycles. The molecule has 12 heteroatoms. The number of fused-ring (bicyclic) bond motifs is 1. The van der Waals surface area contributed by atoms with E-state index in [9.17, 15) is 19.5 Å². The van der Waals surface area contributed by atoms with Crippen LogP contribution in [0.15, 0.2) is 36.4 Å². The molecule has 0 bridgehead atoms. The van der Waals surface area contributed by atoms with Crippen molar-refractivity contribution in [1.29, 1.82) is 0 Å². The van der Waals surface area contributed by atoms with E-state index in [-0.39, 0.29) is 37.4 Å². The van der Waals surface area contributed by atoms with Gasteiger partial charge in [0.15, 0.2) is 6.61 Å². The number of rotatable bonds is 13. The maximum atomic E-state index is 13.5. The summed E-state index contributed by atoms with van der Waals surface area (Å²) in [7, 11) is 0. The number of nitrogens with zero attached hydrogens (tertiary/aromatic N) is 1. The number of amides is 3. The maximum absolute atomic E-state index is 13.5. The predicted molar refractivity (Wildman–Crippen MR) is 161 cm³/mol.